The molecule has 1 amide bonds. The number of rotatable bonds is 5. The highest BCUT2D eigenvalue weighted by atomic mass is 32.1. The summed E-state index contributed by atoms with van der Waals surface area (Å²) in [5.41, 5.74) is 1.21. The lowest BCUT2D eigenvalue weighted by molar-refractivity contribution is -0.136. The Morgan fingerprint density at radius 3 is 3.10 bits per heavy atom. The zero-order chi connectivity index (χ0) is 14.4. The minimum atomic E-state index is 0.0380. The van der Waals surface area contributed by atoms with E-state index >= 15 is 0 Å². The Hall–Kier alpha value is -1.13. The molecule has 0 N–H and O–H groups in total. The van der Waals surface area contributed by atoms with Gasteiger partial charge in [0.1, 0.15) is 0 Å². The SMILES string of the molecule is C=CCN(Cc1ccsc1)C(=O)C1CCCCCN1C. The second-order valence-corrected chi connectivity index (χ2v) is 6.26. The van der Waals surface area contributed by atoms with Gasteiger partial charge in [0.05, 0.1) is 6.04 Å². The third kappa shape index (κ3) is 3.93. The van der Waals surface area contributed by atoms with Crippen LogP contribution in [0.2, 0.25) is 0 Å². The molecule has 1 aromatic heterocycles. The molecule has 3 nitrogen and oxygen atoms in total. The maximum Gasteiger partial charge on any atom is 0.240 e. The molecular formula is C16H24N2OS. The van der Waals surface area contributed by atoms with Gasteiger partial charge in [-0.3, -0.25) is 9.69 Å². The van der Waals surface area contributed by atoms with Crippen LogP contribution in [0.15, 0.2) is 29.5 Å². The van der Waals surface area contributed by atoms with Gasteiger partial charge in [-0.25, -0.2) is 0 Å². The monoisotopic (exact) mass is 292 g/mol. The quantitative estimate of drug-likeness (QED) is 0.778. The Labute approximate surface area is 125 Å². The Morgan fingerprint density at radius 1 is 1.55 bits per heavy atom. The van der Waals surface area contributed by atoms with Gasteiger partial charge in [-0.15, -0.1) is 6.58 Å². The van der Waals surface area contributed by atoms with E-state index in [-0.39, 0.29) is 11.9 Å². The fourth-order valence-corrected chi connectivity index (χ4v) is 3.43. The van der Waals surface area contributed by atoms with Crippen molar-refractivity contribution in [2.24, 2.45) is 0 Å². The smallest absolute Gasteiger partial charge is 0.240 e. The summed E-state index contributed by atoms with van der Waals surface area (Å²) in [4.78, 5) is 17.0. The average Bonchev–Trinajstić information content (AvgIpc) is 2.85. The van der Waals surface area contributed by atoms with E-state index in [1.165, 1.54) is 18.4 Å². The van der Waals surface area contributed by atoms with Crippen LogP contribution in [0.25, 0.3) is 0 Å². The minimum Gasteiger partial charge on any atom is -0.333 e. The molecule has 0 bridgehead atoms. The number of likely N-dealkylation sites (tertiary alicyclic amines) is 1. The highest BCUT2D eigenvalue weighted by Crippen LogP contribution is 2.19. The Bertz CT molecular complexity index is 430. The second-order valence-electron chi connectivity index (χ2n) is 5.48. The lowest BCUT2D eigenvalue weighted by atomic mass is 10.1. The van der Waals surface area contributed by atoms with Crippen molar-refractivity contribution in [2.45, 2.75) is 38.3 Å². The van der Waals surface area contributed by atoms with Crippen LogP contribution >= 0.6 is 11.3 Å². The topological polar surface area (TPSA) is 23.6 Å². The molecule has 1 unspecified atom stereocenters. The van der Waals surface area contributed by atoms with Gasteiger partial charge in [-0.05, 0) is 48.8 Å². The standard InChI is InChI=1S/C16H24N2OS/c1-3-9-18(12-14-8-11-20-13-14)16(19)15-7-5-4-6-10-17(15)2/h3,8,11,13,15H,1,4-7,9-10,12H2,2H3. The first-order chi connectivity index (χ1) is 9.72. The first kappa shape index (κ1) is 15.3. The number of thiophene rings is 1. The largest absolute Gasteiger partial charge is 0.333 e. The highest BCUT2D eigenvalue weighted by Gasteiger charge is 2.28. The number of likely N-dealkylation sites (N-methyl/N-ethyl adjacent to an activating group) is 1. The molecule has 1 fully saturated rings. The van der Waals surface area contributed by atoms with E-state index in [0.717, 1.165) is 19.4 Å². The molecule has 2 rings (SSSR count). The molecule has 1 saturated heterocycles. The van der Waals surface area contributed by atoms with Gasteiger partial charge in [0.2, 0.25) is 5.91 Å². The van der Waals surface area contributed by atoms with Gasteiger partial charge in [0.15, 0.2) is 0 Å². The van der Waals surface area contributed by atoms with E-state index in [0.29, 0.717) is 13.1 Å². The third-order valence-electron chi connectivity index (χ3n) is 3.92. The molecule has 1 aliphatic rings. The van der Waals surface area contributed by atoms with Crippen LogP contribution in [0.1, 0.15) is 31.2 Å². The van der Waals surface area contributed by atoms with Crippen LogP contribution in [-0.4, -0.2) is 41.9 Å². The zero-order valence-electron chi connectivity index (χ0n) is 12.3. The van der Waals surface area contributed by atoms with Gasteiger partial charge in [-0.1, -0.05) is 18.9 Å². The van der Waals surface area contributed by atoms with Gasteiger partial charge < -0.3 is 4.90 Å². The lowest BCUT2D eigenvalue weighted by Gasteiger charge is -2.30. The maximum atomic E-state index is 12.8. The summed E-state index contributed by atoms with van der Waals surface area (Å²) < 4.78 is 0. The fraction of sp³-hybridized carbons (Fsp3) is 0.562. The van der Waals surface area contributed by atoms with Crippen LogP contribution in [0.4, 0.5) is 0 Å². The second kappa shape index (κ2) is 7.60. The molecule has 0 radical (unpaired) electrons. The van der Waals surface area contributed by atoms with Crippen molar-refractivity contribution in [3.05, 3.63) is 35.0 Å². The Balaban J connectivity index is 2.06. The van der Waals surface area contributed by atoms with E-state index in [9.17, 15) is 4.79 Å². The predicted molar refractivity (Wildman–Crippen MR) is 84.8 cm³/mol. The summed E-state index contributed by atoms with van der Waals surface area (Å²) in [5.74, 6) is 0.250. The number of hydrogen-bond donors (Lipinski definition) is 0. The molecule has 1 aliphatic heterocycles. The summed E-state index contributed by atoms with van der Waals surface area (Å²) in [6, 6.07) is 2.13. The molecule has 2 heterocycles. The molecule has 0 saturated carbocycles. The first-order valence-electron chi connectivity index (χ1n) is 7.33. The number of amides is 1. The summed E-state index contributed by atoms with van der Waals surface area (Å²) in [6.07, 6.45) is 6.39. The summed E-state index contributed by atoms with van der Waals surface area (Å²) >= 11 is 1.68. The fourth-order valence-electron chi connectivity index (χ4n) is 2.77. The van der Waals surface area contributed by atoms with Crippen molar-refractivity contribution in [3.63, 3.8) is 0 Å². The summed E-state index contributed by atoms with van der Waals surface area (Å²) in [7, 11) is 2.07. The van der Waals surface area contributed by atoms with Crippen LogP contribution in [0.5, 0.6) is 0 Å². The number of carbonyl (C=O) groups is 1. The molecular weight excluding hydrogens is 268 g/mol. The molecule has 1 atom stereocenters. The van der Waals surface area contributed by atoms with Crippen molar-refractivity contribution in [3.8, 4) is 0 Å². The highest BCUT2D eigenvalue weighted by molar-refractivity contribution is 7.07. The molecule has 1 aromatic rings. The van der Waals surface area contributed by atoms with Crippen molar-refractivity contribution in [1.82, 2.24) is 9.80 Å². The summed E-state index contributed by atoms with van der Waals surface area (Å²) in [5, 5.41) is 4.17. The first-order valence-corrected chi connectivity index (χ1v) is 8.27. The van der Waals surface area contributed by atoms with Crippen LogP contribution in [0, 0.1) is 0 Å². The molecule has 110 valence electrons. The van der Waals surface area contributed by atoms with Gasteiger partial charge >= 0.3 is 0 Å². The Kier molecular flexibility index (Phi) is 5.80. The van der Waals surface area contributed by atoms with E-state index in [1.807, 2.05) is 11.0 Å². The van der Waals surface area contributed by atoms with E-state index in [4.69, 9.17) is 0 Å². The van der Waals surface area contributed by atoms with Crippen LogP contribution in [0.3, 0.4) is 0 Å². The van der Waals surface area contributed by atoms with Crippen LogP contribution in [-0.2, 0) is 11.3 Å². The van der Waals surface area contributed by atoms with Crippen LogP contribution < -0.4 is 0 Å². The Morgan fingerprint density at radius 2 is 2.40 bits per heavy atom. The average molecular weight is 292 g/mol. The van der Waals surface area contributed by atoms with E-state index in [2.05, 4.69) is 35.4 Å². The van der Waals surface area contributed by atoms with Gasteiger partial charge in [-0.2, -0.15) is 11.3 Å². The minimum absolute atomic E-state index is 0.0380. The van der Waals surface area contributed by atoms with Crippen molar-refractivity contribution in [1.29, 1.82) is 0 Å². The molecule has 20 heavy (non-hydrogen) atoms. The molecule has 0 spiro atoms. The van der Waals surface area contributed by atoms with Gasteiger partial charge in [0, 0.05) is 13.1 Å². The molecule has 0 aromatic carbocycles. The number of nitrogens with zero attached hydrogens (tertiary/aromatic N) is 2. The zero-order valence-corrected chi connectivity index (χ0v) is 13.1. The maximum absolute atomic E-state index is 12.8. The summed E-state index contributed by atoms with van der Waals surface area (Å²) in [6.45, 7) is 6.13. The van der Waals surface area contributed by atoms with E-state index in [1.54, 1.807) is 11.3 Å². The lowest BCUT2D eigenvalue weighted by Crippen LogP contribution is -2.46. The number of carbonyl (C=O) groups excluding carboxylic acids is 1. The predicted octanol–water partition coefficient (Wildman–Crippen LogP) is 3.14. The van der Waals surface area contributed by atoms with Crippen molar-refractivity contribution >= 4 is 17.2 Å². The van der Waals surface area contributed by atoms with Crippen molar-refractivity contribution < 1.29 is 4.79 Å². The third-order valence-corrected chi connectivity index (χ3v) is 4.65. The molecule has 4 heteroatoms. The molecule has 0 aliphatic carbocycles. The van der Waals surface area contributed by atoms with Crippen molar-refractivity contribution in [2.75, 3.05) is 20.1 Å². The normalized spacial score (nSPS) is 20.4. The van der Waals surface area contributed by atoms with E-state index < -0.39 is 0 Å². The number of hydrogen-bond acceptors (Lipinski definition) is 3. The van der Waals surface area contributed by atoms with Gasteiger partial charge in [0.25, 0.3) is 0 Å².